The van der Waals surface area contributed by atoms with Gasteiger partial charge in [-0.1, -0.05) is 18.2 Å². The number of sulfonamides is 1. The summed E-state index contributed by atoms with van der Waals surface area (Å²) in [6, 6.07) is 9.39. The zero-order valence-electron chi connectivity index (χ0n) is 12.8. The highest BCUT2D eigenvalue weighted by Crippen LogP contribution is 2.32. The number of fused-ring (bicyclic) bond motifs is 1. The van der Waals surface area contributed by atoms with Crippen molar-refractivity contribution in [3.05, 3.63) is 58.9 Å². The van der Waals surface area contributed by atoms with E-state index >= 15 is 0 Å². The van der Waals surface area contributed by atoms with Crippen molar-refractivity contribution >= 4 is 15.7 Å². The Labute approximate surface area is 135 Å². The van der Waals surface area contributed by atoms with Crippen LogP contribution in [0.5, 0.6) is 0 Å². The van der Waals surface area contributed by atoms with Gasteiger partial charge in [0, 0.05) is 11.7 Å². The van der Waals surface area contributed by atoms with Crippen LogP contribution in [0.15, 0.2) is 41.3 Å². The second kappa shape index (κ2) is 5.94. The molecule has 1 aliphatic rings. The van der Waals surface area contributed by atoms with E-state index in [1.165, 1.54) is 6.07 Å². The molecule has 0 bridgehead atoms. The molecule has 2 aromatic carbocycles. The van der Waals surface area contributed by atoms with Gasteiger partial charge in [-0.25, -0.2) is 17.5 Å². The Morgan fingerprint density at radius 1 is 1.26 bits per heavy atom. The molecule has 3 rings (SSSR count). The summed E-state index contributed by atoms with van der Waals surface area (Å²) < 4.78 is 42.0. The van der Waals surface area contributed by atoms with E-state index in [-0.39, 0.29) is 10.9 Å². The summed E-state index contributed by atoms with van der Waals surface area (Å²) in [7, 11) is -3.93. The lowest BCUT2D eigenvalue weighted by Crippen LogP contribution is -2.32. The van der Waals surface area contributed by atoms with Crippen LogP contribution in [0, 0.1) is 12.7 Å². The minimum atomic E-state index is -3.93. The summed E-state index contributed by atoms with van der Waals surface area (Å²) in [4.78, 5) is -0.275. The Kier molecular flexibility index (Phi) is 4.12. The van der Waals surface area contributed by atoms with Crippen molar-refractivity contribution in [1.82, 2.24) is 4.72 Å². The normalized spacial score (nSPS) is 17.7. The Hall–Kier alpha value is -1.92. The predicted octanol–water partition coefficient (Wildman–Crippen LogP) is 3.07. The van der Waals surface area contributed by atoms with Crippen LogP contribution in [0.3, 0.4) is 0 Å². The van der Waals surface area contributed by atoms with Crippen LogP contribution in [0.25, 0.3) is 0 Å². The maximum absolute atomic E-state index is 14.0. The zero-order chi connectivity index (χ0) is 16.6. The molecule has 1 atom stereocenters. The van der Waals surface area contributed by atoms with Gasteiger partial charge in [-0.15, -0.1) is 0 Å². The summed E-state index contributed by atoms with van der Waals surface area (Å²) in [6.07, 6.45) is 2.42. The fourth-order valence-electron chi connectivity index (χ4n) is 3.16. The van der Waals surface area contributed by atoms with Crippen molar-refractivity contribution in [2.45, 2.75) is 37.1 Å². The Balaban J connectivity index is 1.97. The van der Waals surface area contributed by atoms with Gasteiger partial charge in [0.05, 0.1) is 0 Å². The summed E-state index contributed by atoms with van der Waals surface area (Å²) in [5.41, 5.74) is 8.83. The molecule has 0 fully saturated rings. The molecular weight excluding hydrogens is 315 g/mol. The van der Waals surface area contributed by atoms with Gasteiger partial charge >= 0.3 is 0 Å². The summed E-state index contributed by atoms with van der Waals surface area (Å²) >= 11 is 0. The fourth-order valence-corrected chi connectivity index (χ4v) is 4.71. The third kappa shape index (κ3) is 3.09. The van der Waals surface area contributed by atoms with Crippen LogP contribution in [0.4, 0.5) is 10.1 Å². The predicted molar refractivity (Wildman–Crippen MR) is 88.0 cm³/mol. The quantitative estimate of drug-likeness (QED) is 0.847. The standard InChI is InChI=1S/C17H19FN2O2S/c1-11-4-2-6-15(18)17(11)23(21,22)20-16-7-3-5-12-10-13(19)8-9-14(12)16/h2,4,6,8-10,16,20H,3,5,7,19H2,1H3. The van der Waals surface area contributed by atoms with Crippen LogP contribution in [-0.2, 0) is 16.4 Å². The number of anilines is 1. The third-order valence-electron chi connectivity index (χ3n) is 4.21. The van der Waals surface area contributed by atoms with Crippen LogP contribution in [-0.4, -0.2) is 8.42 Å². The molecule has 23 heavy (non-hydrogen) atoms. The fraction of sp³-hybridized carbons (Fsp3) is 0.294. The SMILES string of the molecule is Cc1cccc(F)c1S(=O)(=O)NC1CCCc2cc(N)ccc21. The number of nitrogens with one attached hydrogen (secondary N) is 1. The maximum atomic E-state index is 14.0. The lowest BCUT2D eigenvalue weighted by atomic mass is 9.88. The minimum Gasteiger partial charge on any atom is -0.399 e. The molecule has 4 nitrogen and oxygen atoms in total. The molecule has 6 heteroatoms. The number of rotatable bonds is 3. The molecule has 0 amide bonds. The van der Waals surface area contributed by atoms with E-state index in [1.54, 1.807) is 19.1 Å². The second-order valence-electron chi connectivity index (χ2n) is 5.91. The first kappa shape index (κ1) is 16.0. The number of nitrogen functional groups attached to an aromatic ring is 1. The molecule has 0 spiro atoms. The van der Waals surface area contributed by atoms with Crippen molar-refractivity contribution < 1.29 is 12.8 Å². The molecule has 0 aromatic heterocycles. The van der Waals surface area contributed by atoms with E-state index in [0.29, 0.717) is 17.7 Å². The Morgan fingerprint density at radius 2 is 2.04 bits per heavy atom. The summed E-state index contributed by atoms with van der Waals surface area (Å²) in [5.74, 6) is -0.731. The van der Waals surface area contributed by atoms with Crippen molar-refractivity contribution in [2.75, 3.05) is 5.73 Å². The average Bonchev–Trinajstić information content (AvgIpc) is 2.46. The van der Waals surface area contributed by atoms with Crippen molar-refractivity contribution in [2.24, 2.45) is 0 Å². The highest BCUT2D eigenvalue weighted by molar-refractivity contribution is 7.89. The number of halogens is 1. The van der Waals surface area contributed by atoms with Crippen molar-refractivity contribution in [3.8, 4) is 0 Å². The molecule has 0 saturated carbocycles. The zero-order valence-corrected chi connectivity index (χ0v) is 13.7. The van der Waals surface area contributed by atoms with Crippen LogP contribution in [0.1, 0.15) is 35.6 Å². The van der Waals surface area contributed by atoms with Gasteiger partial charge in [0.2, 0.25) is 10.0 Å². The Morgan fingerprint density at radius 3 is 2.78 bits per heavy atom. The topological polar surface area (TPSA) is 72.2 Å². The smallest absolute Gasteiger partial charge is 0.244 e. The second-order valence-corrected chi connectivity index (χ2v) is 7.56. The van der Waals surface area contributed by atoms with Crippen LogP contribution < -0.4 is 10.5 Å². The van der Waals surface area contributed by atoms with Gasteiger partial charge in [0.25, 0.3) is 0 Å². The molecular formula is C17H19FN2O2S. The molecule has 0 saturated heterocycles. The van der Waals surface area contributed by atoms with E-state index in [0.717, 1.165) is 30.0 Å². The summed E-state index contributed by atoms with van der Waals surface area (Å²) in [6.45, 7) is 1.59. The van der Waals surface area contributed by atoms with E-state index in [2.05, 4.69) is 4.72 Å². The third-order valence-corrected chi connectivity index (χ3v) is 5.86. The lowest BCUT2D eigenvalue weighted by Gasteiger charge is -2.26. The van der Waals surface area contributed by atoms with Gasteiger partial charge in [-0.05, 0) is 61.1 Å². The molecule has 3 N–H and O–H groups in total. The number of nitrogens with two attached hydrogens (primary N) is 1. The molecule has 0 radical (unpaired) electrons. The van der Waals surface area contributed by atoms with Crippen LogP contribution >= 0.6 is 0 Å². The number of hydrogen-bond donors (Lipinski definition) is 2. The average molecular weight is 334 g/mol. The maximum Gasteiger partial charge on any atom is 0.244 e. The number of aryl methyl sites for hydroxylation is 2. The van der Waals surface area contributed by atoms with Crippen molar-refractivity contribution in [3.63, 3.8) is 0 Å². The first-order valence-corrected chi connectivity index (χ1v) is 9.02. The molecule has 122 valence electrons. The van der Waals surface area contributed by atoms with E-state index in [1.807, 2.05) is 12.1 Å². The van der Waals surface area contributed by atoms with Gasteiger partial charge < -0.3 is 5.73 Å². The highest BCUT2D eigenvalue weighted by Gasteiger charge is 2.28. The molecule has 1 unspecified atom stereocenters. The molecule has 1 aliphatic carbocycles. The summed E-state index contributed by atoms with van der Waals surface area (Å²) in [5, 5.41) is 0. The van der Waals surface area contributed by atoms with Gasteiger partial charge in [-0.2, -0.15) is 0 Å². The number of hydrogen-bond acceptors (Lipinski definition) is 3. The lowest BCUT2D eigenvalue weighted by molar-refractivity contribution is 0.501. The van der Waals surface area contributed by atoms with Gasteiger partial charge in [-0.3, -0.25) is 0 Å². The Bertz CT molecular complexity index is 829. The van der Waals surface area contributed by atoms with E-state index < -0.39 is 15.8 Å². The van der Waals surface area contributed by atoms with Gasteiger partial charge in [0.1, 0.15) is 10.7 Å². The molecule has 0 heterocycles. The molecule has 0 aliphatic heterocycles. The van der Waals surface area contributed by atoms with E-state index in [4.69, 9.17) is 5.73 Å². The number of benzene rings is 2. The van der Waals surface area contributed by atoms with E-state index in [9.17, 15) is 12.8 Å². The first-order chi connectivity index (χ1) is 10.9. The monoisotopic (exact) mass is 334 g/mol. The largest absolute Gasteiger partial charge is 0.399 e. The minimum absolute atomic E-state index is 0.275. The first-order valence-electron chi connectivity index (χ1n) is 7.54. The highest BCUT2D eigenvalue weighted by atomic mass is 32.2. The van der Waals surface area contributed by atoms with Crippen molar-refractivity contribution in [1.29, 1.82) is 0 Å². The van der Waals surface area contributed by atoms with Crippen LogP contribution in [0.2, 0.25) is 0 Å². The van der Waals surface area contributed by atoms with Gasteiger partial charge in [0.15, 0.2) is 0 Å². The molecule has 2 aromatic rings.